The van der Waals surface area contributed by atoms with Crippen LogP contribution in [-0.4, -0.2) is 14.8 Å². The lowest BCUT2D eigenvalue weighted by molar-refractivity contribution is 0.211. The van der Waals surface area contributed by atoms with Crippen LogP contribution >= 0.6 is 11.8 Å². The van der Waals surface area contributed by atoms with E-state index in [0.717, 1.165) is 28.9 Å². The minimum atomic E-state index is -0.174. The van der Waals surface area contributed by atoms with E-state index in [1.165, 1.54) is 21.9 Å². The monoisotopic (exact) mass is 403 g/mol. The van der Waals surface area contributed by atoms with E-state index in [-0.39, 0.29) is 6.10 Å². The maximum Gasteiger partial charge on any atom is 0.191 e. The van der Waals surface area contributed by atoms with Crippen LogP contribution in [0.2, 0.25) is 0 Å². The van der Waals surface area contributed by atoms with Gasteiger partial charge >= 0.3 is 0 Å². The molecular weight excluding hydrogens is 378 g/mol. The number of aromatic nitrogens is 3. The molecule has 4 nitrogen and oxygen atoms in total. The molecule has 0 spiro atoms. The summed E-state index contributed by atoms with van der Waals surface area (Å²) in [6.45, 7) is 4.16. The Balaban J connectivity index is 1.46. The van der Waals surface area contributed by atoms with Gasteiger partial charge in [-0.05, 0) is 47.4 Å². The summed E-state index contributed by atoms with van der Waals surface area (Å²) in [7, 11) is 2.00. The van der Waals surface area contributed by atoms with Crippen LogP contribution in [0.25, 0.3) is 10.8 Å². The normalized spacial score (nSPS) is 12.2. The van der Waals surface area contributed by atoms with Gasteiger partial charge in [-0.15, -0.1) is 10.2 Å². The maximum atomic E-state index is 6.08. The molecule has 0 bridgehead atoms. The van der Waals surface area contributed by atoms with E-state index in [1.807, 2.05) is 30.7 Å². The Morgan fingerprint density at radius 2 is 1.72 bits per heavy atom. The van der Waals surface area contributed by atoms with Gasteiger partial charge in [0.15, 0.2) is 17.1 Å². The largest absolute Gasteiger partial charge is 0.483 e. The van der Waals surface area contributed by atoms with E-state index in [1.54, 1.807) is 11.8 Å². The van der Waals surface area contributed by atoms with E-state index in [0.29, 0.717) is 0 Å². The summed E-state index contributed by atoms with van der Waals surface area (Å²) in [5.41, 5.74) is 2.61. The molecule has 4 rings (SSSR count). The van der Waals surface area contributed by atoms with Crippen molar-refractivity contribution in [2.24, 2.45) is 7.05 Å². The number of rotatable bonds is 7. The molecule has 0 amide bonds. The molecule has 0 saturated carbocycles. The van der Waals surface area contributed by atoms with Crippen molar-refractivity contribution in [3.8, 4) is 5.75 Å². The third-order valence-electron chi connectivity index (χ3n) is 5.11. The zero-order chi connectivity index (χ0) is 20.2. The molecule has 148 valence electrons. The Hall–Kier alpha value is -2.79. The molecule has 1 aromatic heterocycles. The first-order valence-electron chi connectivity index (χ1n) is 9.90. The summed E-state index contributed by atoms with van der Waals surface area (Å²) in [4.78, 5) is 0. The van der Waals surface area contributed by atoms with Gasteiger partial charge in [0.05, 0.1) is 0 Å². The highest BCUT2D eigenvalue weighted by molar-refractivity contribution is 7.98. The molecule has 1 unspecified atom stereocenters. The number of fused-ring (bicyclic) bond motifs is 1. The van der Waals surface area contributed by atoms with Gasteiger partial charge in [-0.3, -0.25) is 0 Å². The summed E-state index contributed by atoms with van der Waals surface area (Å²) >= 11 is 1.70. The summed E-state index contributed by atoms with van der Waals surface area (Å²) < 4.78 is 8.11. The van der Waals surface area contributed by atoms with Gasteiger partial charge in [0.2, 0.25) is 0 Å². The Morgan fingerprint density at radius 1 is 0.966 bits per heavy atom. The lowest BCUT2D eigenvalue weighted by Crippen LogP contribution is -2.10. The third-order valence-corrected chi connectivity index (χ3v) is 6.18. The van der Waals surface area contributed by atoms with Crippen LogP contribution in [0.3, 0.4) is 0 Å². The first-order chi connectivity index (χ1) is 14.2. The van der Waals surface area contributed by atoms with Crippen molar-refractivity contribution in [2.45, 2.75) is 37.3 Å². The van der Waals surface area contributed by atoms with Gasteiger partial charge in [0, 0.05) is 12.8 Å². The van der Waals surface area contributed by atoms with Crippen LogP contribution in [0.5, 0.6) is 5.75 Å². The number of aryl methyl sites for hydroxylation is 1. The molecule has 0 aliphatic heterocycles. The van der Waals surface area contributed by atoms with Gasteiger partial charge in [0.1, 0.15) is 5.75 Å². The second-order valence-corrected chi connectivity index (χ2v) is 8.03. The molecule has 1 atom stereocenters. The van der Waals surface area contributed by atoms with E-state index in [9.17, 15) is 0 Å². The van der Waals surface area contributed by atoms with Crippen molar-refractivity contribution >= 4 is 22.5 Å². The first kappa shape index (κ1) is 19.5. The van der Waals surface area contributed by atoms with Gasteiger partial charge in [-0.25, -0.2) is 0 Å². The van der Waals surface area contributed by atoms with E-state index < -0.39 is 0 Å². The van der Waals surface area contributed by atoms with Gasteiger partial charge in [-0.1, -0.05) is 73.3 Å². The molecule has 0 saturated heterocycles. The molecule has 0 radical (unpaired) electrons. The van der Waals surface area contributed by atoms with Crippen LogP contribution in [0.4, 0.5) is 0 Å². The summed E-state index contributed by atoms with van der Waals surface area (Å²) in [5.74, 6) is 2.52. The van der Waals surface area contributed by atoms with Crippen molar-refractivity contribution in [2.75, 3.05) is 0 Å². The molecule has 4 aromatic rings. The number of hydrogen-bond acceptors (Lipinski definition) is 4. The van der Waals surface area contributed by atoms with Gasteiger partial charge in [-0.2, -0.15) is 0 Å². The van der Waals surface area contributed by atoms with E-state index >= 15 is 0 Å². The zero-order valence-corrected chi connectivity index (χ0v) is 17.8. The minimum Gasteiger partial charge on any atom is -0.483 e. The summed E-state index contributed by atoms with van der Waals surface area (Å²) in [6.07, 6.45) is 0.850. The first-order valence-corrected chi connectivity index (χ1v) is 10.9. The predicted molar refractivity (Wildman–Crippen MR) is 119 cm³/mol. The van der Waals surface area contributed by atoms with Crippen molar-refractivity contribution in [3.05, 3.63) is 83.7 Å². The SMILES string of the molecule is CCc1ccc(OC(C)c2nnc(SCc3cccc4ccccc34)n2C)cc1. The van der Waals surface area contributed by atoms with Crippen molar-refractivity contribution < 1.29 is 4.74 Å². The standard InChI is InChI=1S/C24H25N3OS/c1-4-18-12-14-21(15-13-18)28-17(2)23-25-26-24(27(23)3)29-16-20-10-7-9-19-8-5-6-11-22(19)20/h5-15,17H,4,16H2,1-3H3. The Kier molecular flexibility index (Phi) is 5.86. The van der Waals surface area contributed by atoms with Crippen molar-refractivity contribution in [1.29, 1.82) is 0 Å². The highest BCUT2D eigenvalue weighted by Crippen LogP contribution is 2.28. The lowest BCUT2D eigenvalue weighted by atomic mass is 10.1. The topological polar surface area (TPSA) is 39.9 Å². The van der Waals surface area contributed by atoms with Crippen LogP contribution in [0.1, 0.15) is 36.9 Å². The predicted octanol–water partition coefficient (Wildman–Crippen LogP) is 5.96. The number of thioether (sulfide) groups is 1. The summed E-state index contributed by atoms with van der Waals surface area (Å²) in [5, 5.41) is 12.2. The number of hydrogen-bond donors (Lipinski definition) is 0. The van der Waals surface area contributed by atoms with Crippen LogP contribution in [-0.2, 0) is 19.2 Å². The fourth-order valence-corrected chi connectivity index (χ4v) is 4.35. The second kappa shape index (κ2) is 8.70. The van der Waals surface area contributed by atoms with Gasteiger partial charge < -0.3 is 9.30 Å². The molecule has 0 N–H and O–H groups in total. The maximum absolute atomic E-state index is 6.08. The Bertz CT molecular complexity index is 1100. The number of benzene rings is 3. The van der Waals surface area contributed by atoms with E-state index in [2.05, 4.69) is 71.7 Å². The molecule has 29 heavy (non-hydrogen) atoms. The molecule has 0 aliphatic rings. The molecule has 0 fully saturated rings. The highest BCUT2D eigenvalue weighted by atomic mass is 32.2. The Morgan fingerprint density at radius 3 is 2.52 bits per heavy atom. The molecule has 0 aliphatic carbocycles. The van der Waals surface area contributed by atoms with Crippen LogP contribution in [0, 0.1) is 0 Å². The fourth-order valence-electron chi connectivity index (χ4n) is 3.43. The summed E-state index contributed by atoms with van der Waals surface area (Å²) in [6, 6.07) is 23.2. The third kappa shape index (κ3) is 4.30. The van der Waals surface area contributed by atoms with Crippen LogP contribution < -0.4 is 4.74 Å². The Labute approximate surface area is 175 Å². The fraction of sp³-hybridized carbons (Fsp3) is 0.250. The highest BCUT2D eigenvalue weighted by Gasteiger charge is 2.17. The molecule has 1 heterocycles. The second-order valence-electron chi connectivity index (χ2n) is 7.08. The quantitative estimate of drug-likeness (QED) is 0.357. The van der Waals surface area contributed by atoms with Crippen molar-refractivity contribution in [3.63, 3.8) is 0 Å². The average molecular weight is 404 g/mol. The van der Waals surface area contributed by atoms with E-state index in [4.69, 9.17) is 4.74 Å². The molecule has 5 heteroatoms. The molecular formula is C24H25N3OS. The number of ether oxygens (including phenoxy) is 1. The van der Waals surface area contributed by atoms with Crippen molar-refractivity contribution in [1.82, 2.24) is 14.8 Å². The minimum absolute atomic E-state index is 0.174. The average Bonchev–Trinajstić information content (AvgIpc) is 3.13. The number of nitrogens with zero attached hydrogens (tertiary/aromatic N) is 3. The van der Waals surface area contributed by atoms with Gasteiger partial charge in [0.25, 0.3) is 0 Å². The van der Waals surface area contributed by atoms with Crippen LogP contribution in [0.15, 0.2) is 71.9 Å². The lowest BCUT2D eigenvalue weighted by Gasteiger charge is -2.14. The zero-order valence-electron chi connectivity index (χ0n) is 17.0. The smallest absolute Gasteiger partial charge is 0.191 e. The molecule has 3 aromatic carbocycles.